The highest BCUT2D eigenvalue weighted by molar-refractivity contribution is 5.97. The summed E-state index contributed by atoms with van der Waals surface area (Å²) in [5.41, 5.74) is 7.24. The van der Waals surface area contributed by atoms with Crippen molar-refractivity contribution in [3.8, 4) is 0 Å². The third-order valence-electron chi connectivity index (χ3n) is 3.49. The molecule has 0 unspecified atom stereocenters. The van der Waals surface area contributed by atoms with E-state index >= 15 is 0 Å². The van der Waals surface area contributed by atoms with E-state index in [-0.39, 0.29) is 24.3 Å². The summed E-state index contributed by atoms with van der Waals surface area (Å²) < 4.78 is 1.51. The summed E-state index contributed by atoms with van der Waals surface area (Å²) in [6.07, 6.45) is 3.06. The van der Waals surface area contributed by atoms with Gasteiger partial charge in [-0.3, -0.25) is 14.7 Å². The molecule has 0 radical (unpaired) electrons. The lowest BCUT2D eigenvalue weighted by molar-refractivity contribution is 0.0886. The Morgan fingerprint density at radius 3 is 2.83 bits per heavy atom. The molecule has 2 heterocycles. The number of aromatic nitrogens is 4. The van der Waals surface area contributed by atoms with E-state index in [1.807, 2.05) is 6.07 Å². The normalized spacial score (nSPS) is 10.8. The van der Waals surface area contributed by atoms with E-state index in [1.165, 1.54) is 20.5 Å². The molecule has 0 fully saturated rings. The smallest absolute Gasteiger partial charge is 0.322 e. The van der Waals surface area contributed by atoms with Crippen LogP contribution in [0.15, 0.2) is 36.7 Å². The van der Waals surface area contributed by atoms with Crippen LogP contribution in [0.4, 0.5) is 16.3 Å². The Kier molecular flexibility index (Phi) is 3.90. The number of benzene rings is 1. The van der Waals surface area contributed by atoms with Gasteiger partial charge < -0.3 is 10.6 Å². The van der Waals surface area contributed by atoms with Gasteiger partial charge in [-0.2, -0.15) is 9.90 Å². The van der Waals surface area contributed by atoms with Crippen LogP contribution in [0.2, 0.25) is 0 Å². The van der Waals surface area contributed by atoms with Gasteiger partial charge in [0.2, 0.25) is 0 Å². The third-order valence-corrected chi connectivity index (χ3v) is 3.49. The minimum absolute atomic E-state index is 0.0591. The first kappa shape index (κ1) is 15.5. The number of carbonyl (C=O) groups is 2. The number of fused-ring (bicyclic) bond motifs is 1. The zero-order valence-electron chi connectivity index (χ0n) is 13.3. The molecule has 2 amide bonds. The molecule has 24 heavy (non-hydrogen) atoms. The van der Waals surface area contributed by atoms with Crippen LogP contribution in [0.5, 0.6) is 0 Å². The van der Waals surface area contributed by atoms with Crippen LogP contribution in [-0.2, 0) is 6.54 Å². The first-order valence-electron chi connectivity index (χ1n) is 7.23. The first-order chi connectivity index (χ1) is 11.5. The predicted octanol–water partition coefficient (Wildman–Crippen LogP) is 1.25. The van der Waals surface area contributed by atoms with Crippen LogP contribution in [-0.4, -0.2) is 50.5 Å². The minimum atomic E-state index is -0.319. The van der Waals surface area contributed by atoms with E-state index in [1.54, 1.807) is 38.5 Å². The zero-order valence-corrected chi connectivity index (χ0v) is 13.3. The number of urea groups is 1. The molecule has 1 aromatic carbocycles. The van der Waals surface area contributed by atoms with Gasteiger partial charge in [0.15, 0.2) is 5.82 Å². The molecule has 9 heteroatoms. The van der Waals surface area contributed by atoms with Crippen molar-refractivity contribution in [1.82, 2.24) is 24.5 Å². The number of nitrogen functional groups attached to an aromatic ring is 1. The molecule has 0 aliphatic heterocycles. The van der Waals surface area contributed by atoms with Crippen molar-refractivity contribution in [1.29, 1.82) is 0 Å². The van der Waals surface area contributed by atoms with Crippen molar-refractivity contribution < 1.29 is 9.59 Å². The number of nitrogens with one attached hydrogen (secondary N) is 1. The fourth-order valence-corrected chi connectivity index (χ4v) is 2.26. The highest BCUT2D eigenvalue weighted by Crippen LogP contribution is 2.21. The third kappa shape index (κ3) is 2.91. The molecule has 0 atom stereocenters. The van der Waals surface area contributed by atoms with E-state index in [0.717, 1.165) is 10.9 Å². The average molecular weight is 327 g/mol. The van der Waals surface area contributed by atoms with Gasteiger partial charge in [0, 0.05) is 31.4 Å². The SMILES string of the molecule is CN(C)C(=O)Nc1cnn(CC(=O)n2ccc3c(N)cccc32)n1. The molecule has 9 nitrogen and oxygen atoms in total. The Morgan fingerprint density at radius 1 is 1.29 bits per heavy atom. The monoisotopic (exact) mass is 327 g/mol. The van der Waals surface area contributed by atoms with E-state index in [2.05, 4.69) is 15.5 Å². The number of nitrogens with zero attached hydrogens (tertiary/aromatic N) is 5. The Morgan fingerprint density at radius 2 is 2.08 bits per heavy atom. The molecule has 3 aromatic rings. The maximum Gasteiger partial charge on any atom is 0.322 e. The molecule has 3 rings (SSSR count). The van der Waals surface area contributed by atoms with Crippen LogP contribution >= 0.6 is 0 Å². The Bertz CT molecular complexity index is 910. The van der Waals surface area contributed by atoms with Crippen molar-refractivity contribution in [2.75, 3.05) is 25.1 Å². The molecule has 0 saturated carbocycles. The quantitative estimate of drug-likeness (QED) is 0.703. The van der Waals surface area contributed by atoms with Gasteiger partial charge in [0.05, 0.1) is 11.7 Å². The lowest BCUT2D eigenvalue weighted by Gasteiger charge is -2.09. The fraction of sp³-hybridized carbons (Fsp3) is 0.200. The lowest BCUT2D eigenvalue weighted by Crippen LogP contribution is -2.27. The molecule has 3 N–H and O–H groups in total. The number of hydrogen-bond donors (Lipinski definition) is 2. The fourth-order valence-electron chi connectivity index (χ4n) is 2.26. The van der Waals surface area contributed by atoms with E-state index < -0.39 is 0 Å². The number of anilines is 2. The Hall–Kier alpha value is -3.36. The molecular weight excluding hydrogens is 310 g/mol. The number of rotatable bonds is 3. The lowest BCUT2D eigenvalue weighted by atomic mass is 10.2. The van der Waals surface area contributed by atoms with Crippen molar-refractivity contribution in [3.63, 3.8) is 0 Å². The first-order valence-corrected chi connectivity index (χ1v) is 7.23. The number of hydrogen-bond acceptors (Lipinski definition) is 5. The standard InChI is InChI=1S/C15H17N7O2/c1-20(2)15(24)18-13-8-17-22(19-13)9-14(23)21-7-6-10-11(16)4-3-5-12(10)21/h3-8H,9,16H2,1-2H3,(H,18,19,24). The van der Waals surface area contributed by atoms with E-state index in [4.69, 9.17) is 5.73 Å². The van der Waals surface area contributed by atoms with Gasteiger partial charge in [-0.25, -0.2) is 4.79 Å². The highest BCUT2D eigenvalue weighted by Gasteiger charge is 2.13. The molecule has 0 saturated heterocycles. The second-order valence-corrected chi connectivity index (χ2v) is 5.44. The summed E-state index contributed by atoms with van der Waals surface area (Å²) in [6, 6.07) is 6.87. The van der Waals surface area contributed by atoms with Gasteiger partial charge in [-0.05, 0) is 18.2 Å². The second kappa shape index (κ2) is 6.03. The Labute approximate surface area is 137 Å². The highest BCUT2D eigenvalue weighted by atomic mass is 16.2. The van der Waals surface area contributed by atoms with Crippen LogP contribution in [0.1, 0.15) is 4.79 Å². The van der Waals surface area contributed by atoms with Crippen LogP contribution in [0, 0.1) is 0 Å². The largest absolute Gasteiger partial charge is 0.398 e. The van der Waals surface area contributed by atoms with Crippen molar-refractivity contribution in [2.24, 2.45) is 0 Å². The minimum Gasteiger partial charge on any atom is -0.398 e. The average Bonchev–Trinajstić information content (AvgIpc) is 3.14. The summed E-state index contributed by atoms with van der Waals surface area (Å²) in [7, 11) is 3.23. The summed E-state index contributed by atoms with van der Waals surface area (Å²) in [4.78, 5) is 26.6. The summed E-state index contributed by atoms with van der Waals surface area (Å²) in [5, 5.41) is 11.4. The number of amides is 2. The maximum absolute atomic E-state index is 12.5. The summed E-state index contributed by atoms with van der Waals surface area (Å²) in [6.45, 7) is -0.0591. The molecule has 2 aromatic heterocycles. The van der Waals surface area contributed by atoms with Gasteiger partial charge in [-0.15, -0.1) is 5.10 Å². The van der Waals surface area contributed by atoms with Crippen LogP contribution in [0.3, 0.4) is 0 Å². The van der Waals surface area contributed by atoms with Crippen molar-refractivity contribution >= 4 is 34.3 Å². The second-order valence-electron chi connectivity index (χ2n) is 5.44. The van der Waals surface area contributed by atoms with E-state index in [9.17, 15) is 9.59 Å². The molecule has 0 aliphatic rings. The summed E-state index contributed by atoms with van der Waals surface area (Å²) >= 11 is 0. The number of carbonyl (C=O) groups excluding carboxylic acids is 2. The molecule has 0 bridgehead atoms. The van der Waals surface area contributed by atoms with Gasteiger partial charge >= 0.3 is 6.03 Å². The zero-order chi connectivity index (χ0) is 17.3. The molecule has 124 valence electrons. The molecule has 0 spiro atoms. The molecule has 0 aliphatic carbocycles. The van der Waals surface area contributed by atoms with E-state index in [0.29, 0.717) is 5.69 Å². The van der Waals surface area contributed by atoms with Crippen molar-refractivity contribution in [2.45, 2.75) is 6.54 Å². The Balaban J connectivity index is 1.76. The predicted molar refractivity (Wildman–Crippen MR) is 89.7 cm³/mol. The molecular formula is C15H17N7O2. The van der Waals surface area contributed by atoms with Gasteiger partial charge in [-0.1, -0.05) is 6.07 Å². The maximum atomic E-state index is 12.5. The van der Waals surface area contributed by atoms with Gasteiger partial charge in [0.1, 0.15) is 6.54 Å². The van der Waals surface area contributed by atoms with Crippen LogP contribution in [0.25, 0.3) is 10.9 Å². The summed E-state index contributed by atoms with van der Waals surface area (Å²) in [5.74, 6) is 0.0693. The van der Waals surface area contributed by atoms with Crippen LogP contribution < -0.4 is 11.1 Å². The van der Waals surface area contributed by atoms with Gasteiger partial charge in [0.25, 0.3) is 5.91 Å². The number of nitrogens with two attached hydrogens (primary N) is 1. The van der Waals surface area contributed by atoms with Crippen molar-refractivity contribution in [3.05, 3.63) is 36.7 Å². The topological polar surface area (TPSA) is 111 Å².